The van der Waals surface area contributed by atoms with E-state index in [0.29, 0.717) is 11.7 Å². The molecule has 0 spiro atoms. The fourth-order valence-corrected chi connectivity index (χ4v) is 3.42. The summed E-state index contributed by atoms with van der Waals surface area (Å²) in [6.07, 6.45) is 8.81. The van der Waals surface area contributed by atoms with Crippen LogP contribution in [-0.4, -0.2) is 27.7 Å². The quantitative estimate of drug-likeness (QED) is 0.831. The van der Waals surface area contributed by atoms with Crippen molar-refractivity contribution in [2.45, 2.75) is 63.1 Å². The number of hydrogen-bond donors (Lipinski definition) is 2. The number of aliphatic hydroxyl groups is 1. The first-order chi connectivity index (χ1) is 9.65. The van der Waals surface area contributed by atoms with Crippen molar-refractivity contribution < 1.29 is 9.90 Å². The minimum Gasteiger partial charge on any atom is -0.391 e. The van der Waals surface area contributed by atoms with E-state index in [1.807, 2.05) is 12.3 Å². The zero-order valence-electron chi connectivity index (χ0n) is 11.5. The molecule has 1 heterocycles. The van der Waals surface area contributed by atoms with E-state index in [0.717, 1.165) is 49.4 Å². The SMILES string of the molecule is O=C(NC1CCCCCC1O)c1cc(Br)cn1C1CC1. The molecule has 2 N–H and O–H groups in total. The zero-order valence-corrected chi connectivity index (χ0v) is 13.1. The van der Waals surface area contributed by atoms with E-state index in [-0.39, 0.29) is 11.9 Å². The van der Waals surface area contributed by atoms with E-state index in [1.165, 1.54) is 0 Å². The summed E-state index contributed by atoms with van der Waals surface area (Å²) in [5.41, 5.74) is 0.704. The Hall–Kier alpha value is -0.810. The second kappa shape index (κ2) is 5.90. The van der Waals surface area contributed by atoms with Crippen LogP contribution in [0.3, 0.4) is 0 Å². The van der Waals surface area contributed by atoms with Gasteiger partial charge in [-0.1, -0.05) is 19.3 Å². The minimum atomic E-state index is -0.408. The molecule has 110 valence electrons. The van der Waals surface area contributed by atoms with E-state index in [2.05, 4.69) is 25.8 Å². The topological polar surface area (TPSA) is 54.3 Å². The van der Waals surface area contributed by atoms with Crippen LogP contribution in [0.5, 0.6) is 0 Å². The van der Waals surface area contributed by atoms with Gasteiger partial charge in [-0.2, -0.15) is 0 Å². The number of aliphatic hydroxyl groups excluding tert-OH is 1. The summed E-state index contributed by atoms with van der Waals surface area (Å²) in [6.45, 7) is 0. The highest BCUT2D eigenvalue weighted by Crippen LogP contribution is 2.37. The number of nitrogens with zero attached hydrogens (tertiary/aromatic N) is 1. The molecule has 0 aliphatic heterocycles. The lowest BCUT2D eigenvalue weighted by atomic mass is 10.1. The number of hydrogen-bond acceptors (Lipinski definition) is 2. The first kappa shape index (κ1) is 14.1. The van der Waals surface area contributed by atoms with Crippen LogP contribution in [0.1, 0.15) is 61.5 Å². The van der Waals surface area contributed by atoms with Crippen LogP contribution >= 0.6 is 15.9 Å². The molecule has 4 nitrogen and oxygen atoms in total. The van der Waals surface area contributed by atoms with Gasteiger partial charge in [0, 0.05) is 16.7 Å². The predicted octanol–water partition coefficient (Wildman–Crippen LogP) is 3.01. The van der Waals surface area contributed by atoms with Crippen LogP contribution in [0.25, 0.3) is 0 Å². The molecular weight excluding hydrogens is 320 g/mol. The largest absolute Gasteiger partial charge is 0.391 e. The van der Waals surface area contributed by atoms with Gasteiger partial charge in [0.15, 0.2) is 0 Å². The third-order valence-corrected chi connectivity index (χ3v) is 4.72. The second-order valence-electron chi connectivity index (χ2n) is 5.97. The molecule has 0 radical (unpaired) electrons. The average molecular weight is 341 g/mol. The lowest BCUT2D eigenvalue weighted by molar-refractivity contribution is 0.0810. The fraction of sp³-hybridized carbons (Fsp3) is 0.667. The van der Waals surface area contributed by atoms with Crippen molar-refractivity contribution >= 4 is 21.8 Å². The van der Waals surface area contributed by atoms with E-state index in [9.17, 15) is 9.90 Å². The lowest BCUT2D eigenvalue weighted by Gasteiger charge is -2.22. The Kier molecular flexibility index (Phi) is 4.17. The molecule has 2 unspecified atom stereocenters. The number of nitrogens with one attached hydrogen (secondary N) is 1. The molecule has 0 aromatic carbocycles. The van der Waals surface area contributed by atoms with Crippen LogP contribution in [0, 0.1) is 0 Å². The van der Waals surface area contributed by atoms with Crippen molar-refractivity contribution in [3.05, 3.63) is 22.4 Å². The normalized spacial score (nSPS) is 27.1. The van der Waals surface area contributed by atoms with Crippen molar-refractivity contribution in [3.8, 4) is 0 Å². The number of halogens is 1. The Morgan fingerprint density at radius 2 is 2.00 bits per heavy atom. The Morgan fingerprint density at radius 3 is 2.75 bits per heavy atom. The van der Waals surface area contributed by atoms with Gasteiger partial charge in [-0.15, -0.1) is 0 Å². The molecule has 3 rings (SSSR count). The van der Waals surface area contributed by atoms with Crippen molar-refractivity contribution in [3.63, 3.8) is 0 Å². The van der Waals surface area contributed by atoms with E-state index < -0.39 is 6.10 Å². The Bertz CT molecular complexity index is 496. The Labute approximate surface area is 127 Å². The second-order valence-corrected chi connectivity index (χ2v) is 6.88. The highest BCUT2D eigenvalue weighted by atomic mass is 79.9. The molecule has 0 saturated heterocycles. The first-order valence-electron chi connectivity index (χ1n) is 7.51. The predicted molar refractivity (Wildman–Crippen MR) is 80.7 cm³/mol. The van der Waals surface area contributed by atoms with Gasteiger partial charge in [0.2, 0.25) is 0 Å². The van der Waals surface area contributed by atoms with Gasteiger partial charge in [-0.25, -0.2) is 0 Å². The summed E-state index contributed by atoms with van der Waals surface area (Å²) in [7, 11) is 0. The molecule has 2 fully saturated rings. The van der Waals surface area contributed by atoms with Crippen LogP contribution < -0.4 is 5.32 Å². The molecule has 2 aliphatic rings. The van der Waals surface area contributed by atoms with Gasteiger partial charge >= 0.3 is 0 Å². The lowest BCUT2D eigenvalue weighted by Crippen LogP contribution is -2.43. The molecule has 2 aliphatic carbocycles. The molecule has 1 amide bonds. The van der Waals surface area contributed by atoms with E-state index in [4.69, 9.17) is 0 Å². The summed E-state index contributed by atoms with van der Waals surface area (Å²) in [6, 6.07) is 2.24. The highest BCUT2D eigenvalue weighted by molar-refractivity contribution is 9.10. The number of aromatic nitrogens is 1. The van der Waals surface area contributed by atoms with Gasteiger partial charge in [0.1, 0.15) is 5.69 Å². The molecule has 0 bridgehead atoms. The standard InChI is InChI=1S/C15H21BrN2O2/c16-10-8-13(18(9-10)11-6-7-11)15(20)17-12-4-2-1-3-5-14(12)19/h8-9,11-12,14,19H,1-7H2,(H,17,20). The monoisotopic (exact) mass is 340 g/mol. The zero-order chi connectivity index (χ0) is 14.1. The summed E-state index contributed by atoms with van der Waals surface area (Å²) in [4.78, 5) is 12.5. The van der Waals surface area contributed by atoms with Gasteiger partial charge in [0.05, 0.1) is 12.1 Å². The van der Waals surface area contributed by atoms with Crippen LogP contribution in [-0.2, 0) is 0 Å². The maximum atomic E-state index is 12.5. The number of carbonyl (C=O) groups excluding carboxylic acids is 1. The van der Waals surface area contributed by atoms with Crippen LogP contribution in [0.4, 0.5) is 0 Å². The van der Waals surface area contributed by atoms with E-state index >= 15 is 0 Å². The number of amides is 1. The van der Waals surface area contributed by atoms with Gasteiger partial charge in [-0.05, 0) is 47.7 Å². The summed E-state index contributed by atoms with van der Waals surface area (Å²) < 4.78 is 3.00. The molecule has 1 aromatic heterocycles. The third-order valence-electron chi connectivity index (χ3n) is 4.28. The molecule has 2 saturated carbocycles. The smallest absolute Gasteiger partial charge is 0.268 e. The maximum Gasteiger partial charge on any atom is 0.268 e. The number of rotatable bonds is 3. The van der Waals surface area contributed by atoms with Crippen molar-refractivity contribution in [2.75, 3.05) is 0 Å². The fourth-order valence-electron chi connectivity index (χ4n) is 2.98. The number of carbonyl (C=O) groups is 1. The van der Waals surface area contributed by atoms with Crippen molar-refractivity contribution in [1.29, 1.82) is 0 Å². The van der Waals surface area contributed by atoms with Crippen molar-refractivity contribution in [2.24, 2.45) is 0 Å². The third kappa shape index (κ3) is 3.09. The van der Waals surface area contributed by atoms with E-state index in [1.54, 1.807) is 0 Å². The maximum absolute atomic E-state index is 12.5. The summed E-state index contributed by atoms with van der Waals surface area (Å²) in [5.74, 6) is -0.0615. The van der Waals surface area contributed by atoms with Crippen molar-refractivity contribution in [1.82, 2.24) is 9.88 Å². The molecule has 1 aromatic rings. The summed E-state index contributed by atoms with van der Waals surface area (Å²) in [5, 5.41) is 13.1. The van der Waals surface area contributed by atoms with Gasteiger partial charge < -0.3 is 15.0 Å². The Morgan fingerprint density at radius 1 is 1.25 bits per heavy atom. The van der Waals surface area contributed by atoms with Gasteiger partial charge in [0.25, 0.3) is 5.91 Å². The average Bonchev–Trinajstić information content (AvgIpc) is 3.20. The summed E-state index contributed by atoms with van der Waals surface area (Å²) >= 11 is 3.45. The first-order valence-corrected chi connectivity index (χ1v) is 8.31. The minimum absolute atomic E-state index is 0.0615. The molecule has 2 atom stereocenters. The molecule has 5 heteroatoms. The molecule has 20 heavy (non-hydrogen) atoms. The van der Waals surface area contributed by atoms with Gasteiger partial charge in [-0.3, -0.25) is 4.79 Å². The molecular formula is C15H21BrN2O2. The Balaban J connectivity index is 1.72. The van der Waals surface area contributed by atoms with Crippen LogP contribution in [0.2, 0.25) is 0 Å². The van der Waals surface area contributed by atoms with Crippen LogP contribution in [0.15, 0.2) is 16.7 Å². The highest BCUT2D eigenvalue weighted by Gasteiger charge is 2.29.